The van der Waals surface area contributed by atoms with Crippen LogP contribution in [0.15, 0.2) is 24.5 Å². The number of hydrogen-bond acceptors (Lipinski definition) is 3. The van der Waals surface area contributed by atoms with Crippen molar-refractivity contribution in [2.45, 2.75) is 25.4 Å². The molecule has 2 heterocycles. The molecule has 0 aromatic carbocycles. The van der Waals surface area contributed by atoms with E-state index in [2.05, 4.69) is 16.4 Å². The summed E-state index contributed by atoms with van der Waals surface area (Å²) >= 11 is 0. The maximum atomic E-state index is 5.82. The van der Waals surface area contributed by atoms with Crippen molar-refractivity contribution >= 4 is 0 Å². The van der Waals surface area contributed by atoms with E-state index in [0.717, 1.165) is 39.0 Å². The van der Waals surface area contributed by atoms with Gasteiger partial charge in [0.1, 0.15) is 0 Å². The van der Waals surface area contributed by atoms with Gasteiger partial charge in [-0.15, -0.1) is 0 Å². The van der Waals surface area contributed by atoms with Crippen LogP contribution in [0.25, 0.3) is 0 Å². The Morgan fingerprint density at radius 2 is 2.27 bits per heavy atom. The zero-order valence-electron chi connectivity index (χ0n) is 8.98. The van der Waals surface area contributed by atoms with Gasteiger partial charge in [-0.25, -0.2) is 0 Å². The average molecular weight is 206 g/mol. The minimum atomic E-state index is 0.461. The van der Waals surface area contributed by atoms with Crippen LogP contribution in [-0.4, -0.2) is 30.8 Å². The number of hydrogen-bond donors (Lipinski definition) is 1. The van der Waals surface area contributed by atoms with Gasteiger partial charge in [-0.2, -0.15) is 0 Å². The molecule has 2 rings (SSSR count). The predicted octanol–water partition coefficient (Wildman–Crippen LogP) is 1.39. The molecule has 0 amide bonds. The van der Waals surface area contributed by atoms with E-state index in [9.17, 15) is 0 Å². The number of piperidine rings is 1. The lowest BCUT2D eigenvalue weighted by Gasteiger charge is -2.22. The van der Waals surface area contributed by atoms with E-state index >= 15 is 0 Å². The topological polar surface area (TPSA) is 34.1 Å². The number of pyridine rings is 1. The van der Waals surface area contributed by atoms with E-state index in [4.69, 9.17) is 4.74 Å². The number of ether oxygens (including phenoxy) is 1. The molecular weight excluding hydrogens is 188 g/mol. The van der Waals surface area contributed by atoms with Crippen LogP contribution in [0.2, 0.25) is 0 Å². The maximum absolute atomic E-state index is 5.82. The van der Waals surface area contributed by atoms with Crippen molar-refractivity contribution in [1.29, 1.82) is 0 Å². The highest BCUT2D eigenvalue weighted by Gasteiger charge is 2.12. The van der Waals surface area contributed by atoms with E-state index in [1.54, 1.807) is 6.20 Å². The Bertz CT molecular complexity index is 270. The van der Waals surface area contributed by atoms with Crippen molar-refractivity contribution in [3.05, 3.63) is 30.1 Å². The van der Waals surface area contributed by atoms with Crippen LogP contribution in [-0.2, 0) is 11.2 Å². The Balaban J connectivity index is 1.66. The molecule has 3 nitrogen and oxygen atoms in total. The molecule has 0 radical (unpaired) electrons. The van der Waals surface area contributed by atoms with E-state index in [1.807, 2.05) is 12.3 Å². The number of nitrogens with zero attached hydrogens (tertiary/aromatic N) is 1. The fraction of sp³-hybridized carbons (Fsp3) is 0.583. The lowest BCUT2D eigenvalue weighted by Crippen LogP contribution is -2.32. The second-order valence-electron chi connectivity index (χ2n) is 3.93. The van der Waals surface area contributed by atoms with Crippen molar-refractivity contribution < 1.29 is 4.74 Å². The second-order valence-corrected chi connectivity index (χ2v) is 3.93. The molecule has 1 aromatic heterocycles. The molecule has 1 aliphatic heterocycles. The summed E-state index contributed by atoms with van der Waals surface area (Å²) in [7, 11) is 0. The van der Waals surface area contributed by atoms with E-state index in [0.29, 0.717) is 6.10 Å². The first-order valence-electron chi connectivity index (χ1n) is 5.66. The van der Waals surface area contributed by atoms with Gasteiger partial charge in [0, 0.05) is 12.4 Å². The van der Waals surface area contributed by atoms with Gasteiger partial charge in [0.05, 0.1) is 12.7 Å². The highest BCUT2D eigenvalue weighted by molar-refractivity contribution is 5.08. The molecule has 0 aliphatic carbocycles. The van der Waals surface area contributed by atoms with Crippen LogP contribution < -0.4 is 5.32 Å². The van der Waals surface area contributed by atoms with Gasteiger partial charge in [0.2, 0.25) is 0 Å². The van der Waals surface area contributed by atoms with Crippen LogP contribution >= 0.6 is 0 Å². The summed E-state index contributed by atoms with van der Waals surface area (Å²) in [6.45, 7) is 3.01. The maximum Gasteiger partial charge on any atom is 0.0599 e. The summed E-state index contributed by atoms with van der Waals surface area (Å²) in [6, 6.07) is 4.07. The molecular formula is C12H18N2O. The van der Waals surface area contributed by atoms with Gasteiger partial charge in [-0.1, -0.05) is 6.07 Å². The zero-order valence-corrected chi connectivity index (χ0v) is 8.98. The van der Waals surface area contributed by atoms with Gasteiger partial charge in [0.25, 0.3) is 0 Å². The fourth-order valence-corrected chi connectivity index (χ4v) is 1.85. The molecule has 1 fully saturated rings. The molecule has 82 valence electrons. The normalized spacial score (nSPS) is 17.9. The van der Waals surface area contributed by atoms with Crippen LogP contribution in [0.3, 0.4) is 0 Å². The molecule has 0 atom stereocenters. The Morgan fingerprint density at radius 1 is 1.40 bits per heavy atom. The molecule has 1 N–H and O–H groups in total. The first kappa shape index (κ1) is 10.6. The predicted molar refractivity (Wildman–Crippen MR) is 59.8 cm³/mol. The lowest BCUT2D eigenvalue weighted by atomic mass is 10.1. The zero-order chi connectivity index (χ0) is 10.3. The minimum Gasteiger partial charge on any atom is -0.378 e. The van der Waals surface area contributed by atoms with Crippen LogP contribution in [0, 0.1) is 0 Å². The third kappa shape index (κ3) is 3.61. The number of aromatic nitrogens is 1. The summed E-state index contributed by atoms with van der Waals surface area (Å²) in [6.07, 6.45) is 7.43. The van der Waals surface area contributed by atoms with Gasteiger partial charge < -0.3 is 10.1 Å². The Hall–Kier alpha value is -0.930. The molecule has 3 heteroatoms. The highest BCUT2D eigenvalue weighted by Crippen LogP contribution is 2.08. The lowest BCUT2D eigenvalue weighted by molar-refractivity contribution is 0.0349. The number of rotatable bonds is 4. The Morgan fingerprint density at radius 3 is 3.00 bits per heavy atom. The smallest absolute Gasteiger partial charge is 0.0599 e. The molecule has 0 bridgehead atoms. The molecule has 0 spiro atoms. The molecule has 1 aromatic rings. The average Bonchev–Trinajstić information content (AvgIpc) is 2.32. The Labute approximate surface area is 90.9 Å². The number of nitrogens with one attached hydrogen (secondary N) is 1. The largest absolute Gasteiger partial charge is 0.378 e. The van der Waals surface area contributed by atoms with Crippen molar-refractivity contribution in [3.63, 3.8) is 0 Å². The van der Waals surface area contributed by atoms with Gasteiger partial charge in [0.15, 0.2) is 0 Å². The van der Waals surface area contributed by atoms with Crippen LogP contribution in [0.4, 0.5) is 0 Å². The third-order valence-electron chi connectivity index (χ3n) is 2.75. The van der Waals surface area contributed by atoms with Gasteiger partial charge in [-0.05, 0) is 44.0 Å². The summed E-state index contributed by atoms with van der Waals surface area (Å²) in [5, 5.41) is 3.33. The summed E-state index contributed by atoms with van der Waals surface area (Å²) in [4.78, 5) is 4.08. The summed E-state index contributed by atoms with van der Waals surface area (Å²) in [5.74, 6) is 0. The van der Waals surface area contributed by atoms with Crippen molar-refractivity contribution in [2.75, 3.05) is 19.7 Å². The fourth-order valence-electron chi connectivity index (χ4n) is 1.85. The van der Waals surface area contributed by atoms with E-state index in [-0.39, 0.29) is 0 Å². The van der Waals surface area contributed by atoms with Crippen LogP contribution in [0.1, 0.15) is 18.4 Å². The summed E-state index contributed by atoms with van der Waals surface area (Å²) in [5.41, 5.74) is 1.26. The highest BCUT2D eigenvalue weighted by atomic mass is 16.5. The molecule has 1 saturated heterocycles. The third-order valence-corrected chi connectivity index (χ3v) is 2.75. The molecule has 0 unspecified atom stereocenters. The first-order chi connectivity index (χ1) is 7.45. The summed E-state index contributed by atoms with van der Waals surface area (Å²) < 4.78 is 5.82. The second kappa shape index (κ2) is 5.83. The van der Waals surface area contributed by atoms with E-state index < -0.39 is 0 Å². The minimum absolute atomic E-state index is 0.461. The van der Waals surface area contributed by atoms with Gasteiger partial charge in [-0.3, -0.25) is 4.98 Å². The van der Waals surface area contributed by atoms with Crippen molar-refractivity contribution in [1.82, 2.24) is 10.3 Å². The Kier molecular flexibility index (Phi) is 4.11. The quantitative estimate of drug-likeness (QED) is 0.808. The SMILES string of the molecule is c1cncc(CCOC2CCNCC2)c1. The first-order valence-corrected chi connectivity index (χ1v) is 5.66. The van der Waals surface area contributed by atoms with Crippen molar-refractivity contribution in [2.24, 2.45) is 0 Å². The van der Waals surface area contributed by atoms with Crippen LogP contribution in [0.5, 0.6) is 0 Å². The standard InChI is InChI=1S/C12H18N2O/c1-2-11(10-14-6-1)5-9-15-12-3-7-13-8-4-12/h1-2,6,10,12-13H,3-5,7-9H2. The molecule has 15 heavy (non-hydrogen) atoms. The monoisotopic (exact) mass is 206 g/mol. The van der Waals surface area contributed by atoms with Gasteiger partial charge >= 0.3 is 0 Å². The van der Waals surface area contributed by atoms with Crippen molar-refractivity contribution in [3.8, 4) is 0 Å². The van der Waals surface area contributed by atoms with E-state index in [1.165, 1.54) is 5.56 Å². The molecule has 1 aliphatic rings. The molecule has 0 saturated carbocycles.